The molecule has 1 aromatic rings. The van der Waals surface area contributed by atoms with Crippen LogP contribution in [0.5, 0.6) is 0 Å². The Kier molecular flexibility index (Phi) is 4.31. The molecule has 2 rings (SSSR count). The number of nitrogens with zero attached hydrogens (tertiary/aromatic N) is 1. The van der Waals surface area contributed by atoms with Crippen LogP contribution >= 0.6 is 11.6 Å². The van der Waals surface area contributed by atoms with Crippen LogP contribution in [0.3, 0.4) is 0 Å². The smallest absolute Gasteiger partial charge is 0.302 e. The Balaban J connectivity index is 2.20. The topological polar surface area (TPSA) is 54.5 Å². The number of carbonyl (C=O) groups excluding carboxylic acids is 1. The molecule has 1 aromatic carbocycles. The molecule has 1 amide bonds. The molecule has 0 aliphatic carbocycles. The van der Waals surface area contributed by atoms with E-state index in [9.17, 15) is 17.1 Å². The van der Waals surface area contributed by atoms with E-state index in [-0.39, 0.29) is 18.9 Å². The Labute approximate surface area is 129 Å². The summed E-state index contributed by atoms with van der Waals surface area (Å²) in [7, 11) is -4.57. The fourth-order valence-electron chi connectivity index (χ4n) is 2.73. The largest absolute Gasteiger partial charge is 0.333 e. The SMILES string of the molecule is CC(C)(c1ccc(Cl)cc1)N1CC(CS(=O)(=O)F)CC1=O. The second-order valence-electron chi connectivity index (χ2n) is 5.85. The molecule has 1 saturated heterocycles. The van der Waals surface area contributed by atoms with Gasteiger partial charge in [0.1, 0.15) is 0 Å². The summed E-state index contributed by atoms with van der Waals surface area (Å²) >= 11 is 5.86. The lowest BCUT2D eigenvalue weighted by Gasteiger charge is -2.36. The molecule has 0 spiro atoms. The van der Waals surface area contributed by atoms with Gasteiger partial charge in [-0.25, -0.2) is 0 Å². The zero-order valence-electron chi connectivity index (χ0n) is 11.8. The molecule has 4 nitrogen and oxygen atoms in total. The van der Waals surface area contributed by atoms with Gasteiger partial charge in [0.2, 0.25) is 5.91 Å². The van der Waals surface area contributed by atoms with Crippen LogP contribution in [0.1, 0.15) is 25.8 Å². The Hall–Kier alpha value is -1.14. The number of hydrogen-bond donors (Lipinski definition) is 0. The van der Waals surface area contributed by atoms with Crippen LogP contribution < -0.4 is 0 Å². The van der Waals surface area contributed by atoms with E-state index in [2.05, 4.69) is 0 Å². The summed E-state index contributed by atoms with van der Waals surface area (Å²) in [4.78, 5) is 13.7. The second-order valence-corrected chi connectivity index (χ2v) is 7.69. The van der Waals surface area contributed by atoms with Crippen molar-refractivity contribution in [2.75, 3.05) is 12.3 Å². The van der Waals surface area contributed by atoms with Gasteiger partial charge in [-0.05, 0) is 31.5 Å². The minimum atomic E-state index is -4.57. The van der Waals surface area contributed by atoms with E-state index in [4.69, 9.17) is 11.6 Å². The molecule has 0 radical (unpaired) electrons. The fraction of sp³-hybridized carbons (Fsp3) is 0.500. The standard InChI is InChI=1S/C14H17ClFNO3S/c1-14(2,11-3-5-12(15)6-4-11)17-8-10(7-13(17)18)9-21(16,19)20/h3-6,10H,7-9H2,1-2H3. The second kappa shape index (κ2) is 5.57. The molecular weight excluding hydrogens is 317 g/mol. The predicted molar refractivity (Wildman–Crippen MR) is 79.2 cm³/mol. The Morgan fingerprint density at radius 3 is 2.43 bits per heavy atom. The minimum Gasteiger partial charge on any atom is -0.333 e. The fourth-order valence-corrected chi connectivity index (χ4v) is 3.64. The van der Waals surface area contributed by atoms with Crippen molar-refractivity contribution >= 4 is 27.7 Å². The molecule has 7 heteroatoms. The summed E-state index contributed by atoms with van der Waals surface area (Å²) in [6.45, 7) is 3.98. The molecule has 0 saturated carbocycles. The van der Waals surface area contributed by atoms with Gasteiger partial charge in [-0.1, -0.05) is 23.7 Å². The lowest BCUT2D eigenvalue weighted by atomic mass is 9.92. The molecule has 0 bridgehead atoms. The van der Waals surface area contributed by atoms with Crippen molar-refractivity contribution in [3.63, 3.8) is 0 Å². The van der Waals surface area contributed by atoms with Crippen LogP contribution in [-0.2, 0) is 20.6 Å². The molecule has 1 aliphatic heterocycles. The van der Waals surface area contributed by atoms with Gasteiger partial charge < -0.3 is 4.90 Å². The normalized spacial score (nSPS) is 20.1. The first-order valence-corrected chi connectivity index (χ1v) is 8.51. The van der Waals surface area contributed by atoms with Gasteiger partial charge in [-0.3, -0.25) is 4.79 Å². The zero-order chi connectivity index (χ0) is 15.8. The Bertz CT molecular complexity index is 643. The van der Waals surface area contributed by atoms with E-state index in [1.807, 2.05) is 26.0 Å². The highest BCUT2D eigenvalue weighted by molar-refractivity contribution is 7.86. The maximum atomic E-state index is 12.8. The molecule has 116 valence electrons. The van der Waals surface area contributed by atoms with Crippen molar-refractivity contribution in [2.24, 2.45) is 5.92 Å². The van der Waals surface area contributed by atoms with Gasteiger partial charge in [0.25, 0.3) is 0 Å². The number of likely N-dealkylation sites (tertiary alicyclic amines) is 1. The van der Waals surface area contributed by atoms with E-state index in [0.717, 1.165) is 5.56 Å². The van der Waals surface area contributed by atoms with E-state index < -0.39 is 27.4 Å². The monoisotopic (exact) mass is 333 g/mol. The van der Waals surface area contributed by atoms with Crippen LogP contribution in [0, 0.1) is 5.92 Å². The summed E-state index contributed by atoms with van der Waals surface area (Å²) in [5, 5.41) is 0.601. The third kappa shape index (κ3) is 3.74. The van der Waals surface area contributed by atoms with Crippen LogP contribution in [0.2, 0.25) is 5.02 Å². The number of halogens is 2. The highest BCUT2D eigenvalue weighted by Gasteiger charge is 2.41. The van der Waals surface area contributed by atoms with Gasteiger partial charge in [-0.15, -0.1) is 3.89 Å². The molecule has 21 heavy (non-hydrogen) atoms. The first-order valence-electron chi connectivity index (χ1n) is 6.58. The molecule has 0 N–H and O–H groups in total. The Morgan fingerprint density at radius 1 is 1.33 bits per heavy atom. The number of hydrogen-bond acceptors (Lipinski definition) is 3. The summed E-state index contributed by atoms with van der Waals surface area (Å²) in [6.07, 6.45) is 0.0557. The summed E-state index contributed by atoms with van der Waals surface area (Å²) in [5.41, 5.74) is 0.292. The molecule has 1 aliphatic rings. The highest BCUT2D eigenvalue weighted by atomic mass is 35.5. The minimum absolute atomic E-state index is 0.0557. The maximum Gasteiger partial charge on any atom is 0.302 e. The first-order chi connectivity index (χ1) is 9.59. The van der Waals surface area contributed by atoms with E-state index in [1.54, 1.807) is 17.0 Å². The number of rotatable bonds is 4. The molecule has 1 atom stereocenters. The van der Waals surface area contributed by atoms with Gasteiger partial charge in [0.05, 0.1) is 11.3 Å². The lowest BCUT2D eigenvalue weighted by Crippen LogP contribution is -2.42. The van der Waals surface area contributed by atoms with Gasteiger partial charge in [-0.2, -0.15) is 8.42 Å². The van der Waals surface area contributed by atoms with Crippen LogP contribution in [0.15, 0.2) is 24.3 Å². The van der Waals surface area contributed by atoms with E-state index in [0.29, 0.717) is 5.02 Å². The molecule has 1 fully saturated rings. The van der Waals surface area contributed by atoms with Gasteiger partial charge >= 0.3 is 10.2 Å². The van der Waals surface area contributed by atoms with E-state index >= 15 is 0 Å². The van der Waals surface area contributed by atoms with Crippen molar-refractivity contribution in [1.82, 2.24) is 4.90 Å². The van der Waals surface area contributed by atoms with Crippen molar-refractivity contribution in [3.05, 3.63) is 34.9 Å². The number of carbonyl (C=O) groups is 1. The van der Waals surface area contributed by atoms with Crippen molar-refractivity contribution in [2.45, 2.75) is 25.8 Å². The van der Waals surface area contributed by atoms with Crippen molar-refractivity contribution < 1.29 is 17.1 Å². The molecule has 1 heterocycles. The van der Waals surface area contributed by atoms with Crippen LogP contribution in [0.4, 0.5) is 3.89 Å². The van der Waals surface area contributed by atoms with Crippen LogP contribution in [-0.4, -0.2) is 31.5 Å². The van der Waals surface area contributed by atoms with Crippen molar-refractivity contribution in [3.8, 4) is 0 Å². The van der Waals surface area contributed by atoms with Gasteiger partial charge in [0.15, 0.2) is 0 Å². The molecule has 0 aromatic heterocycles. The number of amides is 1. The van der Waals surface area contributed by atoms with Gasteiger partial charge in [0, 0.05) is 23.9 Å². The predicted octanol–water partition coefficient (Wildman–Crippen LogP) is 2.72. The quantitative estimate of drug-likeness (QED) is 0.796. The zero-order valence-corrected chi connectivity index (χ0v) is 13.4. The highest BCUT2D eigenvalue weighted by Crippen LogP contribution is 2.34. The average Bonchev–Trinajstić information content (AvgIpc) is 2.69. The lowest BCUT2D eigenvalue weighted by molar-refractivity contribution is -0.132. The summed E-state index contributed by atoms with van der Waals surface area (Å²) in [5.74, 6) is -1.27. The number of benzene rings is 1. The van der Waals surface area contributed by atoms with Crippen molar-refractivity contribution in [1.29, 1.82) is 0 Å². The molecular formula is C14H17ClFNO3S. The molecule has 1 unspecified atom stereocenters. The third-order valence-electron chi connectivity index (χ3n) is 3.87. The average molecular weight is 334 g/mol. The maximum absolute atomic E-state index is 12.8. The summed E-state index contributed by atoms with van der Waals surface area (Å²) < 4.78 is 34.3. The summed E-state index contributed by atoms with van der Waals surface area (Å²) in [6, 6.07) is 7.13. The first kappa shape index (κ1) is 16.2. The third-order valence-corrected chi connectivity index (χ3v) is 4.99. The Morgan fingerprint density at radius 2 is 1.90 bits per heavy atom. The van der Waals surface area contributed by atoms with E-state index in [1.165, 1.54) is 0 Å². The van der Waals surface area contributed by atoms with Crippen LogP contribution in [0.25, 0.3) is 0 Å².